The molecule has 2 aromatic rings. The summed E-state index contributed by atoms with van der Waals surface area (Å²) in [6.45, 7) is 7.76. The molecule has 0 spiro atoms. The second kappa shape index (κ2) is 10.6. The molecule has 0 aromatic carbocycles. The molecular formula is C20H26N4O4S3. The van der Waals surface area contributed by atoms with E-state index in [1.165, 1.54) is 34.4 Å². The number of nitrogens with one attached hydrogen (secondary N) is 2. The summed E-state index contributed by atoms with van der Waals surface area (Å²) in [6.07, 6.45) is 3.18. The summed E-state index contributed by atoms with van der Waals surface area (Å²) in [5.74, 6) is -0.464. The number of rotatable bonds is 9. The topological polar surface area (TPSA) is 110 Å². The first kappa shape index (κ1) is 23.7. The van der Waals surface area contributed by atoms with Crippen molar-refractivity contribution in [2.24, 2.45) is 5.92 Å². The maximum Gasteiger partial charge on any atom is 0.341 e. The van der Waals surface area contributed by atoms with Crippen molar-refractivity contribution in [2.75, 3.05) is 17.2 Å². The molecule has 168 valence electrons. The minimum absolute atomic E-state index is 0.106. The van der Waals surface area contributed by atoms with Gasteiger partial charge in [-0.05, 0) is 44.6 Å². The Balaban J connectivity index is 1.63. The van der Waals surface area contributed by atoms with Gasteiger partial charge in [0.1, 0.15) is 5.00 Å². The first-order valence-electron chi connectivity index (χ1n) is 10.2. The number of hydrogen-bond donors (Lipinski definition) is 2. The number of hydrogen-bond acceptors (Lipinski definition) is 9. The Bertz CT molecular complexity index is 970. The summed E-state index contributed by atoms with van der Waals surface area (Å²) >= 11 is 3.95. The summed E-state index contributed by atoms with van der Waals surface area (Å²) in [7, 11) is 0. The van der Waals surface area contributed by atoms with Crippen molar-refractivity contribution in [3.05, 3.63) is 16.0 Å². The predicted octanol–water partition coefficient (Wildman–Crippen LogP) is 4.37. The largest absolute Gasteiger partial charge is 0.462 e. The van der Waals surface area contributed by atoms with Crippen LogP contribution in [0.3, 0.4) is 0 Å². The molecule has 0 radical (unpaired) electrons. The van der Waals surface area contributed by atoms with E-state index in [1.807, 2.05) is 13.8 Å². The fourth-order valence-corrected chi connectivity index (χ4v) is 6.37. The first-order chi connectivity index (χ1) is 14.8. The van der Waals surface area contributed by atoms with Crippen LogP contribution in [0.1, 0.15) is 61.3 Å². The van der Waals surface area contributed by atoms with E-state index in [0.29, 0.717) is 26.5 Å². The average molecular weight is 483 g/mol. The van der Waals surface area contributed by atoms with Gasteiger partial charge in [0.15, 0.2) is 4.34 Å². The number of carbonyl (C=O) groups excluding carboxylic acids is 3. The molecule has 8 nitrogen and oxygen atoms in total. The molecule has 31 heavy (non-hydrogen) atoms. The Morgan fingerprint density at radius 2 is 1.90 bits per heavy atom. The molecule has 1 atom stereocenters. The molecule has 0 fully saturated rings. The Hall–Kier alpha value is -1.98. The van der Waals surface area contributed by atoms with E-state index in [-0.39, 0.29) is 30.3 Å². The van der Waals surface area contributed by atoms with Crippen molar-refractivity contribution in [2.45, 2.75) is 63.0 Å². The molecule has 2 aromatic heterocycles. The summed E-state index contributed by atoms with van der Waals surface area (Å²) in [5.41, 5.74) is 1.50. The van der Waals surface area contributed by atoms with Crippen LogP contribution in [0.25, 0.3) is 0 Å². The van der Waals surface area contributed by atoms with Gasteiger partial charge < -0.3 is 15.4 Å². The van der Waals surface area contributed by atoms with Crippen molar-refractivity contribution in [3.63, 3.8) is 0 Å². The minimum Gasteiger partial charge on any atom is -0.462 e. The molecule has 0 saturated heterocycles. The number of anilines is 2. The molecule has 0 aliphatic heterocycles. The number of nitrogens with zero attached hydrogens (tertiary/aromatic N) is 2. The Kier molecular flexibility index (Phi) is 8.06. The van der Waals surface area contributed by atoms with E-state index >= 15 is 0 Å². The number of esters is 1. The van der Waals surface area contributed by atoms with E-state index in [0.717, 1.165) is 29.7 Å². The van der Waals surface area contributed by atoms with Crippen LogP contribution in [-0.4, -0.2) is 39.8 Å². The highest BCUT2D eigenvalue weighted by Gasteiger charge is 2.29. The number of carbonyl (C=O) groups is 3. The lowest BCUT2D eigenvalue weighted by atomic mass is 10.1. The average Bonchev–Trinajstić information content (AvgIpc) is 3.37. The van der Waals surface area contributed by atoms with Gasteiger partial charge in [0, 0.05) is 11.3 Å². The third-order valence-corrected chi connectivity index (χ3v) is 7.76. The van der Waals surface area contributed by atoms with E-state index in [1.54, 1.807) is 13.8 Å². The number of aryl methyl sites for hydroxylation is 1. The van der Waals surface area contributed by atoms with Gasteiger partial charge in [-0.15, -0.1) is 21.5 Å². The standard InChI is InChI=1S/C20H26N4O4S3/c1-5-28-18(27)15-12-7-6-8-13(12)30-17(15)22-16(26)11(4)29-20-24-23-19(31-20)21-14(25)9-10(2)3/h10-11H,5-9H2,1-4H3,(H,22,26)(H,21,23,25). The number of thiophene rings is 1. The Labute approximate surface area is 193 Å². The molecule has 2 amide bonds. The maximum absolute atomic E-state index is 12.8. The first-order valence-corrected chi connectivity index (χ1v) is 12.7. The highest BCUT2D eigenvalue weighted by molar-refractivity contribution is 8.02. The second-order valence-corrected chi connectivity index (χ2v) is 11.2. The fourth-order valence-electron chi connectivity index (χ4n) is 3.18. The molecule has 1 unspecified atom stereocenters. The van der Waals surface area contributed by atoms with Gasteiger partial charge in [0.05, 0.1) is 17.4 Å². The van der Waals surface area contributed by atoms with Crippen LogP contribution in [0.5, 0.6) is 0 Å². The zero-order valence-corrected chi connectivity index (χ0v) is 20.4. The molecular weight excluding hydrogens is 456 g/mol. The molecule has 1 aliphatic rings. The number of thioether (sulfide) groups is 1. The number of aromatic nitrogens is 2. The normalized spacial score (nSPS) is 13.7. The lowest BCUT2D eigenvalue weighted by Crippen LogP contribution is -2.23. The van der Waals surface area contributed by atoms with Crippen molar-refractivity contribution in [3.8, 4) is 0 Å². The summed E-state index contributed by atoms with van der Waals surface area (Å²) in [6, 6.07) is 0. The lowest BCUT2D eigenvalue weighted by Gasteiger charge is -2.11. The van der Waals surface area contributed by atoms with Crippen molar-refractivity contribution < 1.29 is 19.1 Å². The zero-order valence-electron chi connectivity index (χ0n) is 17.9. The molecule has 3 rings (SSSR count). The summed E-state index contributed by atoms with van der Waals surface area (Å²) in [4.78, 5) is 38.3. The Morgan fingerprint density at radius 3 is 2.61 bits per heavy atom. The van der Waals surface area contributed by atoms with Crippen molar-refractivity contribution in [1.82, 2.24) is 10.2 Å². The molecule has 2 heterocycles. The second-order valence-electron chi connectivity index (χ2n) is 7.55. The fraction of sp³-hybridized carbons (Fsp3) is 0.550. The summed E-state index contributed by atoms with van der Waals surface area (Å²) < 4.78 is 5.79. The van der Waals surface area contributed by atoms with Crippen LogP contribution in [0.4, 0.5) is 10.1 Å². The van der Waals surface area contributed by atoms with Crippen LogP contribution < -0.4 is 10.6 Å². The molecule has 0 bridgehead atoms. The summed E-state index contributed by atoms with van der Waals surface area (Å²) in [5, 5.41) is 14.2. The highest BCUT2D eigenvalue weighted by Crippen LogP contribution is 2.40. The zero-order chi connectivity index (χ0) is 22.5. The smallest absolute Gasteiger partial charge is 0.341 e. The SMILES string of the molecule is CCOC(=O)c1c(NC(=O)C(C)Sc2nnc(NC(=O)CC(C)C)s2)sc2c1CCC2. The van der Waals surface area contributed by atoms with Crippen LogP contribution in [0, 0.1) is 5.92 Å². The van der Waals surface area contributed by atoms with Crippen LogP contribution in [0.15, 0.2) is 4.34 Å². The van der Waals surface area contributed by atoms with Crippen molar-refractivity contribution in [1.29, 1.82) is 0 Å². The molecule has 11 heteroatoms. The van der Waals surface area contributed by atoms with Crippen LogP contribution >= 0.6 is 34.4 Å². The van der Waals surface area contributed by atoms with Crippen LogP contribution in [0.2, 0.25) is 0 Å². The molecule has 1 aliphatic carbocycles. The van der Waals surface area contributed by atoms with Crippen molar-refractivity contribution >= 4 is 62.4 Å². The number of amides is 2. The van der Waals surface area contributed by atoms with Gasteiger partial charge in [-0.2, -0.15) is 0 Å². The van der Waals surface area contributed by atoms with Gasteiger partial charge >= 0.3 is 5.97 Å². The third-order valence-electron chi connectivity index (χ3n) is 4.53. The Morgan fingerprint density at radius 1 is 1.13 bits per heavy atom. The molecule has 0 saturated carbocycles. The highest BCUT2D eigenvalue weighted by atomic mass is 32.2. The lowest BCUT2D eigenvalue weighted by molar-refractivity contribution is -0.117. The van der Waals surface area contributed by atoms with Crippen LogP contribution in [-0.2, 0) is 27.2 Å². The molecule has 2 N–H and O–H groups in total. The quantitative estimate of drug-likeness (QED) is 0.310. The predicted molar refractivity (Wildman–Crippen MR) is 124 cm³/mol. The third kappa shape index (κ3) is 6.05. The number of fused-ring (bicyclic) bond motifs is 1. The van der Waals surface area contributed by atoms with Gasteiger partial charge in [0.25, 0.3) is 0 Å². The van der Waals surface area contributed by atoms with Gasteiger partial charge in [0.2, 0.25) is 16.9 Å². The van der Waals surface area contributed by atoms with Gasteiger partial charge in [-0.1, -0.05) is 36.9 Å². The van der Waals surface area contributed by atoms with E-state index < -0.39 is 5.25 Å². The monoisotopic (exact) mass is 482 g/mol. The maximum atomic E-state index is 12.8. The van der Waals surface area contributed by atoms with E-state index in [4.69, 9.17) is 4.74 Å². The van der Waals surface area contributed by atoms with Gasteiger partial charge in [-0.3, -0.25) is 9.59 Å². The number of ether oxygens (including phenoxy) is 1. The van der Waals surface area contributed by atoms with Gasteiger partial charge in [-0.25, -0.2) is 4.79 Å². The minimum atomic E-state index is -0.459. The van der Waals surface area contributed by atoms with E-state index in [9.17, 15) is 14.4 Å². The van der Waals surface area contributed by atoms with E-state index in [2.05, 4.69) is 20.8 Å².